The maximum Gasteiger partial charge on any atom is 0.333 e. The number of hydrogen-bond donors (Lipinski definition) is 0. The molecular weight excluding hydrogens is 689 g/mol. The molecule has 57 heavy (non-hydrogen) atoms. The van der Waals surface area contributed by atoms with Gasteiger partial charge >= 0.3 is 6.85 Å². The van der Waals surface area contributed by atoms with Crippen molar-refractivity contribution in [2.75, 3.05) is 9.80 Å². The van der Waals surface area contributed by atoms with Crippen LogP contribution in [0.2, 0.25) is 0 Å². The molecule has 0 N–H and O–H groups in total. The smallest absolute Gasteiger partial charge is 0.333 e. The summed E-state index contributed by atoms with van der Waals surface area (Å²) in [5.74, 6) is 0. The molecule has 2 aliphatic heterocycles. The number of fused-ring (bicyclic) bond motifs is 8. The number of aromatic nitrogens is 1. The molecule has 3 nitrogen and oxygen atoms in total. The first-order valence-electron chi connectivity index (χ1n) is 20.0. The Kier molecular flexibility index (Phi) is 6.77. The fraction of sp³-hybridized carbons (Fsp3) is 0.0566. The summed E-state index contributed by atoms with van der Waals surface area (Å²) in [5.41, 5.74) is 20.0. The molecule has 8 aromatic carbocycles. The minimum Gasteiger partial charge on any atom is -0.375 e. The highest BCUT2D eigenvalue weighted by molar-refractivity contribution is 6.93. The van der Waals surface area contributed by atoms with Crippen LogP contribution in [0.4, 0.5) is 28.4 Å². The average molecular weight is 728 g/mol. The summed E-state index contributed by atoms with van der Waals surface area (Å²) in [4.78, 5) is 5.06. The molecule has 9 aromatic rings. The van der Waals surface area contributed by atoms with Crippen LogP contribution in [0.25, 0.3) is 49.5 Å². The zero-order valence-electron chi connectivity index (χ0n) is 31.9. The van der Waals surface area contributed by atoms with Gasteiger partial charge in [-0.2, -0.15) is 0 Å². The fourth-order valence-electron chi connectivity index (χ4n) is 10.5. The van der Waals surface area contributed by atoms with E-state index in [1.165, 1.54) is 88.9 Å². The van der Waals surface area contributed by atoms with Gasteiger partial charge in [-0.15, -0.1) is 0 Å². The van der Waals surface area contributed by atoms with Gasteiger partial charge in [-0.05, 0) is 81.7 Å². The molecule has 0 bridgehead atoms. The van der Waals surface area contributed by atoms with Gasteiger partial charge in [-0.3, -0.25) is 0 Å². The van der Waals surface area contributed by atoms with Crippen LogP contribution in [0.3, 0.4) is 0 Å². The second-order valence-corrected chi connectivity index (χ2v) is 16.0. The number of para-hydroxylation sites is 4. The van der Waals surface area contributed by atoms with Crippen molar-refractivity contribution in [3.05, 3.63) is 211 Å². The largest absolute Gasteiger partial charge is 0.375 e. The Labute approximate surface area is 333 Å². The first-order valence-corrected chi connectivity index (χ1v) is 20.0. The van der Waals surface area contributed by atoms with Crippen molar-refractivity contribution < 1.29 is 0 Å². The van der Waals surface area contributed by atoms with Gasteiger partial charge in [0, 0.05) is 61.1 Å². The number of allylic oxidation sites excluding steroid dienone is 1. The molecule has 0 amide bonds. The third kappa shape index (κ3) is 4.38. The summed E-state index contributed by atoms with van der Waals surface area (Å²) in [6.45, 7) is 4.80. The van der Waals surface area contributed by atoms with Gasteiger partial charge in [0.2, 0.25) is 0 Å². The van der Waals surface area contributed by atoms with E-state index in [0.29, 0.717) is 0 Å². The highest BCUT2D eigenvalue weighted by Crippen LogP contribution is 2.57. The van der Waals surface area contributed by atoms with Crippen molar-refractivity contribution in [3.8, 4) is 22.3 Å². The van der Waals surface area contributed by atoms with Gasteiger partial charge in [0.05, 0.1) is 11.4 Å². The summed E-state index contributed by atoms with van der Waals surface area (Å²) in [6.07, 6.45) is 0. The minimum absolute atomic E-state index is 0.0268. The average Bonchev–Trinajstić information content (AvgIpc) is 3.74. The van der Waals surface area contributed by atoms with E-state index in [1.807, 2.05) is 0 Å². The van der Waals surface area contributed by atoms with E-state index in [-0.39, 0.29) is 12.3 Å². The van der Waals surface area contributed by atoms with E-state index < -0.39 is 0 Å². The van der Waals surface area contributed by atoms with E-state index in [9.17, 15) is 0 Å². The van der Waals surface area contributed by atoms with Crippen LogP contribution >= 0.6 is 0 Å². The summed E-state index contributed by atoms with van der Waals surface area (Å²) in [7, 11) is 0. The van der Waals surface area contributed by atoms with Crippen molar-refractivity contribution in [2.24, 2.45) is 0 Å². The molecule has 3 aliphatic rings. The van der Waals surface area contributed by atoms with Gasteiger partial charge in [-0.25, -0.2) is 0 Å². The SMILES string of the molecule is CC1(C)C2=C(B3c4c(cccc4N2c2ccccc2)-c2ccc(N(c4ccccc4)c4ccccc4-c4ccccc4)c4c5ccccc5n3c24)c2ccccc21. The van der Waals surface area contributed by atoms with Gasteiger partial charge in [0.15, 0.2) is 0 Å². The lowest BCUT2D eigenvalue weighted by Gasteiger charge is -2.43. The summed E-state index contributed by atoms with van der Waals surface area (Å²) in [6, 6.07) is 71.5. The van der Waals surface area contributed by atoms with Crippen LogP contribution in [0.5, 0.6) is 0 Å². The van der Waals surface area contributed by atoms with Crippen LogP contribution in [0, 0.1) is 0 Å². The Balaban J connectivity index is 1.22. The first-order chi connectivity index (χ1) is 28.1. The second-order valence-electron chi connectivity index (χ2n) is 16.0. The highest BCUT2D eigenvalue weighted by Gasteiger charge is 2.52. The summed E-state index contributed by atoms with van der Waals surface area (Å²) < 4.78 is 2.71. The van der Waals surface area contributed by atoms with Gasteiger partial charge in [0.25, 0.3) is 0 Å². The quantitative estimate of drug-likeness (QED) is 0.164. The molecular formula is C53H38BN3. The van der Waals surface area contributed by atoms with E-state index in [4.69, 9.17) is 0 Å². The monoisotopic (exact) mass is 727 g/mol. The predicted octanol–water partition coefficient (Wildman–Crippen LogP) is 13.1. The molecule has 0 saturated heterocycles. The van der Waals surface area contributed by atoms with Crippen molar-refractivity contribution in [2.45, 2.75) is 19.3 Å². The van der Waals surface area contributed by atoms with Crippen LogP contribution < -0.4 is 15.3 Å². The van der Waals surface area contributed by atoms with Crippen LogP contribution in [0.1, 0.15) is 25.0 Å². The lowest BCUT2D eigenvalue weighted by atomic mass is 9.43. The molecule has 12 rings (SSSR count). The van der Waals surface area contributed by atoms with Crippen molar-refractivity contribution in [3.63, 3.8) is 0 Å². The molecule has 1 aliphatic carbocycles. The van der Waals surface area contributed by atoms with Crippen LogP contribution in [-0.4, -0.2) is 11.3 Å². The van der Waals surface area contributed by atoms with Gasteiger partial charge in [0.1, 0.15) is 0 Å². The number of anilines is 5. The molecule has 0 spiro atoms. The lowest BCUT2D eigenvalue weighted by Crippen LogP contribution is -2.50. The molecule has 0 fully saturated rings. The molecule has 0 unspecified atom stereocenters. The number of benzene rings is 8. The van der Waals surface area contributed by atoms with Crippen molar-refractivity contribution in [1.29, 1.82) is 0 Å². The predicted molar refractivity (Wildman–Crippen MR) is 241 cm³/mol. The third-order valence-corrected chi connectivity index (χ3v) is 12.7. The maximum atomic E-state index is 2.71. The molecule has 268 valence electrons. The topological polar surface area (TPSA) is 11.4 Å². The molecule has 0 atom stereocenters. The Morgan fingerprint density at radius 1 is 0.509 bits per heavy atom. The Bertz CT molecular complexity index is 3110. The molecule has 1 aromatic heterocycles. The normalized spacial score (nSPS) is 14.5. The molecule has 0 saturated carbocycles. The Morgan fingerprint density at radius 2 is 1.16 bits per heavy atom. The lowest BCUT2D eigenvalue weighted by molar-refractivity contribution is 0.625. The molecule has 3 heterocycles. The number of hydrogen-bond acceptors (Lipinski definition) is 2. The Hall–Kier alpha value is -7.04. The van der Waals surface area contributed by atoms with Crippen molar-refractivity contribution >= 4 is 68.0 Å². The van der Waals surface area contributed by atoms with Crippen molar-refractivity contribution in [1.82, 2.24) is 4.48 Å². The fourth-order valence-corrected chi connectivity index (χ4v) is 10.5. The zero-order valence-corrected chi connectivity index (χ0v) is 31.9. The van der Waals surface area contributed by atoms with E-state index >= 15 is 0 Å². The number of nitrogens with zero attached hydrogens (tertiary/aromatic N) is 3. The van der Waals surface area contributed by atoms with Crippen LogP contribution in [-0.2, 0) is 5.41 Å². The van der Waals surface area contributed by atoms with E-state index in [2.05, 4.69) is 222 Å². The van der Waals surface area contributed by atoms with Gasteiger partial charge in [-0.1, -0.05) is 159 Å². The minimum atomic E-state index is -0.231. The highest BCUT2D eigenvalue weighted by atomic mass is 15.2. The maximum absolute atomic E-state index is 2.71. The summed E-state index contributed by atoms with van der Waals surface area (Å²) in [5, 5.41) is 2.53. The van der Waals surface area contributed by atoms with E-state index in [1.54, 1.807) is 0 Å². The first kappa shape index (κ1) is 32.2. The second kappa shape index (κ2) is 12.0. The Morgan fingerprint density at radius 3 is 1.96 bits per heavy atom. The van der Waals surface area contributed by atoms with Crippen LogP contribution in [0.15, 0.2) is 200 Å². The zero-order chi connectivity index (χ0) is 37.8. The molecule has 0 radical (unpaired) electrons. The van der Waals surface area contributed by atoms with Gasteiger partial charge < -0.3 is 14.3 Å². The van der Waals surface area contributed by atoms with E-state index in [0.717, 1.165) is 11.4 Å². The molecule has 4 heteroatoms. The standard InChI is InChI=1S/C53H38BN3/c1-53(2)43-29-15-12-26-41(43)50-52(53)56(37-23-10-5-11-24-37)47-32-18-28-39-40-33-34-46(48-42-27-14-17-31-45(42)57(51(40)48)54(50)49(39)47)55(36-21-8-4-9-22-36)44-30-16-13-25-38(44)35-19-6-3-7-20-35/h3-34H,1-2H3. The third-order valence-electron chi connectivity index (χ3n) is 12.7. The summed E-state index contributed by atoms with van der Waals surface area (Å²) >= 11 is 0. The number of rotatable bonds is 5.